The van der Waals surface area contributed by atoms with Gasteiger partial charge in [-0.25, -0.2) is 4.98 Å². The van der Waals surface area contributed by atoms with Crippen LogP contribution in [0.2, 0.25) is 0 Å². The van der Waals surface area contributed by atoms with E-state index in [0.29, 0.717) is 79.1 Å². The Hall–Kier alpha value is -4.69. The molecule has 0 aliphatic rings. The molecule has 40 heavy (non-hydrogen) atoms. The van der Waals surface area contributed by atoms with Crippen molar-refractivity contribution in [3.05, 3.63) is 77.5 Å². The lowest BCUT2D eigenvalue weighted by molar-refractivity contribution is 0.0255. The first-order valence-electron chi connectivity index (χ1n) is 12.6. The highest BCUT2D eigenvalue weighted by atomic mass is 16.5. The second-order valence-electron chi connectivity index (χ2n) is 8.67. The molecule has 0 saturated heterocycles. The van der Waals surface area contributed by atoms with Crippen LogP contribution in [0.3, 0.4) is 0 Å². The third-order valence-corrected chi connectivity index (χ3v) is 5.99. The number of nitrogen functional groups attached to an aromatic ring is 1. The molecule has 0 aliphatic carbocycles. The summed E-state index contributed by atoms with van der Waals surface area (Å²) in [6, 6.07) is 16.2. The van der Waals surface area contributed by atoms with E-state index in [1.807, 2.05) is 24.3 Å². The number of terminal acetylenes is 1. The summed E-state index contributed by atoms with van der Waals surface area (Å²) in [5.41, 5.74) is 14.4. The molecule has 1 heterocycles. The SMILES string of the molecule is C#Cc1cc(Nc2nccc(Oc3ccc(N)c4ccccc34)n2)c(CCOCCOCCOC)c(C(N)=O)c1. The van der Waals surface area contributed by atoms with Crippen LogP contribution >= 0.6 is 0 Å². The number of carbonyl (C=O) groups excluding carboxylic acids is 1. The minimum atomic E-state index is -0.605. The molecule has 0 fully saturated rings. The van der Waals surface area contributed by atoms with Gasteiger partial charge in [0.2, 0.25) is 17.7 Å². The first-order chi connectivity index (χ1) is 19.5. The number of ether oxygens (including phenoxy) is 4. The highest BCUT2D eigenvalue weighted by molar-refractivity contribution is 5.97. The summed E-state index contributed by atoms with van der Waals surface area (Å²) in [4.78, 5) is 21.1. The molecule has 0 saturated carbocycles. The fourth-order valence-electron chi connectivity index (χ4n) is 4.07. The van der Waals surface area contributed by atoms with Crippen LogP contribution in [-0.4, -0.2) is 56.0 Å². The van der Waals surface area contributed by atoms with Crippen LogP contribution in [0.4, 0.5) is 17.3 Å². The van der Waals surface area contributed by atoms with Gasteiger partial charge >= 0.3 is 0 Å². The van der Waals surface area contributed by atoms with Crippen LogP contribution in [0.1, 0.15) is 21.5 Å². The zero-order chi connectivity index (χ0) is 28.3. The molecule has 0 bridgehead atoms. The summed E-state index contributed by atoms with van der Waals surface area (Å²) in [7, 11) is 1.61. The molecule has 1 aromatic heterocycles. The van der Waals surface area contributed by atoms with Gasteiger partial charge < -0.3 is 35.7 Å². The van der Waals surface area contributed by atoms with E-state index in [4.69, 9.17) is 36.8 Å². The number of primary amides is 1. The number of aromatic nitrogens is 2. The third-order valence-electron chi connectivity index (χ3n) is 5.99. The molecular formula is C30H31N5O5. The zero-order valence-corrected chi connectivity index (χ0v) is 22.2. The second kappa shape index (κ2) is 13.9. The lowest BCUT2D eigenvalue weighted by Gasteiger charge is -2.16. The van der Waals surface area contributed by atoms with Crippen LogP contribution in [0.25, 0.3) is 10.8 Å². The summed E-state index contributed by atoms with van der Waals surface area (Å²) in [5.74, 6) is 3.12. The van der Waals surface area contributed by atoms with E-state index in [1.54, 1.807) is 43.6 Å². The molecule has 3 aromatic carbocycles. The lowest BCUT2D eigenvalue weighted by Crippen LogP contribution is -2.17. The minimum absolute atomic E-state index is 0.246. The molecule has 0 atom stereocenters. The van der Waals surface area contributed by atoms with Gasteiger partial charge in [-0.05, 0) is 36.2 Å². The van der Waals surface area contributed by atoms with Crippen LogP contribution in [0.15, 0.2) is 60.8 Å². The smallest absolute Gasteiger partial charge is 0.249 e. The number of hydrogen-bond acceptors (Lipinski definition) is 9. The van der Waals surface area contributed by atoms with Crippen molar-refractivity contribution in [1.82, 2.24) is 9.97 Å². The molecule has 10 nitrogen and oxygen atoms in total. The average molecular weight is 542 g/mol. The molecule has 0 radical (unpaired) electrons. The van der Waals surface area contributed by atoms with Crippen molar-refractivity contribution >= 4 is 34.0 Å². The number of nitrogens with two attached hydrogens (primary N) is 2. The van der Waals surface area contributed by atoms with E-state index in [-0.39, 0.29) is 5.95 Å². The molecule has 4 aromatic rings. The Kier molecular flexibility index (Phi) is 9.85. The number of nitrogens with one attached hydrogen (secondary N) is 1. The summed E-state index contributed by atoms with van der Waals surface area (Å²) in [5, 5.41) is 4.91. The fraction of sp³-hybridized carbons (Fsp3) is 0.233. The van der Waals surface area contributed by atoms with Crippen LogP contribution in [0.5, 0.6) is 11.6 Å². The van der Waals surface area contributed by atoms with Crippen molar-refractivity contribution in [3.8, 4) is 24.0 Å². The first-order valence-corrected chi connectivity index (χ1v) is 12.6. The Morgan fingerprint density at radius 2 is 1.75 bits per heavy atom. The van der Waals surface area contributed by atoms with E-state index >= 15 is 0 Å². The molecule has 0 spiro atoms. The predicted molar refractivity (Wildman–Crippen MR) is 154 cm³/mol. The van der Waals surface area contributed by atoms with Crippen LogP contribution in [0, 0.1) is 12.3 Å². The Bertz CT molecular complexity index is 1520. The number of carbonyl (C=O) groups is 1. The van der Waals surface area contributed by atoms with Gasteiger partial charge in [-0.15, -0.1) is 6.42 Å². The second-order valence-corrected chi connectivity index (χ2v) is 8.67. The number of hydrogen-bond donors (Lipinski definition) is 3. The predicted octanol–water partition coefficient (Wildman–Crippen LogP) is 4.05. The maximum Gasteiger partial charge on any atom is 0.249 e. The molecule has 0 aliphatic heterocycles. The number of amides is 1. The maximum atomic E-state index is 12.3. The monoisotopic (exact) mass is 541 g/mol. The normalized spacial score (nSPS) is 10.8. The highest BCUT2D eigenvalue weighted by Gasteiger charge is 2.16. The van der Waals surface area contributed by atoms with Crippen LogP contribution in [-0.2, 0) is 20.6 Å². The number of rotatable bonds is 14. The zero-order valence-electron chi connectivity index (χ0n) is 22.2. The molecule has 5 N–H and O–H groups in total. The Balaban J connectivity index is 1.54. The van der Waals surface area contributed by atoms with Gasteiger partial charge in [-0.2, -0.15) is 4.98 Å². The highest BCUT2D eigenvalue weighted by Crippen LogP contribution is 2.33. The topological polar surface area (TPSA) is 144 Å². The van der Waals surface area contributed by atoms with Crippen molar-refractivity contribution in [3.63, 3.8) is 0 Å². The van der Waals surface area contributed by atoms with E-state index in [9.17, 15) is 4.79 Å². The first kappa shape index (κ1) is 28.3. The third kappa shape index (κ3) is 7.24. The summed E-state index contributed by atoms with van der Waals surface area (Å²) >= 11 is 0. The summed E-state index contributed by atoms with van der Waals surface area (Å²) < 4.78 is 22.2. The van der Waals surface area contributed by atoms with Gasteiger partial charge in [0.25, 0.3) is 0 Å². The molecule has 10 heteroatoms. The quantitative estimate of drug-likeness (QED) is 0.122. The largest absolute Gasteiger partial charge is 0.438 e. The molecule has 206 valence electrons. The standard InChI is InChI=1S/C30H31N5O5/c1-3-20-18-24(29(32)36)22(11-13-38-16-17-39-15-14-37-2)26(19-20)34-30-33-12-10-28(35-30)40-27-9-8-25(31)21-6-4-5-7-23(21)27/h1,4-10,12,18-19H,11,13-17,31H2,2H3,(H2,32,36)(H,33,34,35). The Labute approximate surface area is 232 Å². The van der Waals surface area contributed by atoms with E-state index in [2.05, 4.69) is 21.2 Å². The van der Waals surface area contributed by atoms with Gasteiger partial charge in [-0.1, -0.05) is 30.2 Å². The summed E-state index contributed by atoms with van der Waals surface area (Å²) in [6.45, 7) is 2.15. The molecule has 4 rings (SSSR count). The van der Waals surface area contributed by atoms with Gasteiger partial charge in [-0.3, -0.25) is 4.79 Å². The van der Waals surface area contributed by atoms with E-state index in [1.165, 1.54) is 0 Å². The van der Waals surface area contributed by atoms with E-state index < -0.39 is 5.91 Å². The number of methoxy groups -OCH3 is 1. The maximum absolute atomic E-state index is 12.3. The molecular weight excluding hydrogens is 510 g/mol. The summed E-state index contributed by atoms with van der Waals surface area (Å²) in [6.07, 6.45) is 7.60. The number of nitrogens with zero attached hydrogens (tertiary/aromatic N) is 2. The van der Waals surface area contributed by atoms with Crippen LogP contribution < -0.4 is 21.5 Å². The minimum Gasteiger partial charge on any atom is -0.438 e. The Morgan fingerprint density at radius 1 is 1.00 bits per heavy atom. The Morgan fingerprint density at radius 3 is 2.50 bits per heavy atom. The fourth-order valence-corrected chi connectivity index (χ4v) is 4.07. The van der Waals surface area contributed by atoms with Gasteiger partial charge in [0.05, 0.1) is 33.0 Å². The van der Waals surface area contributed by atoms with Crippen molar-refractivity contribution < 1.29 is 23.7 Å². The van der Waals surface area contributed by atoms with Gasteiger partial charge in [0.1, 0.15) is 5.75 Å². The lowest BCUT2D eigenvalue weighted by atomic mass is 9.98. The van der Waals surface area contributed by atoms with Crippen molar-refractivity contribution in [2.75, 3.05) is 51.2 Å². The average Bonchev–Trinajstić information content (AvgIpc) is 2.96. The van der Waals surface area contributed by atoms with Crippen molar-refractivity contribution in [2.24, 2.45) is 5.73 Å². The number of fused-ring (bicyclic) bond motifs is 1. The number of anilines is 3. The van der Waals surface area contributed by atoms with Gasteiger partial charge in [0, 0.05) is 52.6 Å². The van der Waals surface area contributed by atoms with E-state index in [0.717, 1.165) is 10.8 Å². The molecule has 0 unspecified atom stereocenters. The van der Waals surface area contributed by atoms with Crippen molar-refractivity contribution in [1.29, 1.82) is 0 Å². The number of benzene rings is 3. The van der Waals surface area contributed by atoms with Gasteiger partial charge in [0.15, 0.2) is 0 Å². The van der Waals surface area contributed by atoms with Crippen molar-refractivity contribution in [2.45, 2.75) is 6.42 Å². The molecule has 1 amide bonds.